The van der Waals surface area contributed by atoms with Crippen LogP contribution in [0, 0.1) is 0 Å². The Morgan fingerprint density at radius 1 is 1.70 bits per heavy atom. The van der Waals surface area contributed by atoms with Crippen LogP contribution < -0.4 is 11.1 Å². The van der Waals surface area contributed by atoms with Crippen molar-refractivity contribution in [2.24, 2.45) is 5.73 Å². The Labute approximate surface area is 61.6 Å². The van der Waals surface area contributed by atoms with E-state index in [2.05, 4.69) is 5.32 Å². The highest BCUT2D eigenvalue weighted by molar-refractivity contribution is 5.03. The van der Waals surface area contributed by atoms with E-state index in [9.17, 15) is 5.11 Å². The minimum atomic E-state index is -0.468. The van der Waals surface area contributed by atoms with Crippen molar-refractivity contribution in [2.45, 2.75) is 31.4 Å². The Morgan fingerprint density at radius 2 is 2.30 bits per heavy atom. The van der Waals surface area contributed by atoms with Crippen molar-refractivity contribution in [1.82, 2.24) is 5.32 Å². The summed E-state index contributed by atoms with van der Waals surface area (Å²) in [6.45, 7) is 3.43. The van der Waals surface area contributed by atoms with Crippen molar-refractivity contribution in [3.05, 3.63) is 0 Å². The van der Waals surface area contributed by atoms with Crippen LogP contribution >= 0.6 is 0 Å². The summed E-state index contributed by atoms with van der Waals surface area (Å²) in [6.07, 6.45) is 1.81. The molecule has 0 unspecified atom stereocenters. The second-order valence-electron chi connectivity index (χ2n) is 2.95. The monoisotopic (exact) mass is 144 g/mol. The molecule has 1 fully saturated rings. The van der Waals surface area contributed by atoms with Crippen LogP contribution in [0.5, 0.6) is 0 Å². The van der Waals surface area contributed by atoms with Crippen LogP contribution in [-0.2, 0) is 0 Å². The fourth-order valence-corrected chi connectivity index (χ4v) is 1.22. The number of hydrogen-bond donors (Lipinski definition) is 3. The number of aliphatic hydroxyl groups is 1. The second-order valence-corrected chi connectivity index (χ2v) is 2.95. The predicted molar refractivity (Wildman–Crippen MR) is 40.7 cm³/mol. The molecule has 0 aromatic heterocycles. The van der Waals surface area contributed by atoms with Crippen molar-refractivity contribution in [3.63, 3.8) is 0 Å². The standard InChI is InChI=1S/C7H16N2O/c1-2-9-6(5-8)7(10)3-4-7/h6,9-10H,2-5,8H2,1H3/t6-/m0/s1. The van der Waals surface area contributed by atoms with Gasteiger partial charge in [-0.15, -0.1) is 0 Å². The topological polar surface area (TPSA) is 58.3 Å². The molecule has 0 spiro atoms. The highest BCUT2D eigenvalue weighted by atomic mass is 16.3. The van der Waals surface area contributed by atoms with Crippen LogP contribution in [0.15, 0.2) is 0 Å². The highest BCUT2D eigenvalue weighted by Gasteiger charge is 2.46. The average Bonchev–Trinajstić information content (AvgIpc) is 2.64. The van der Waals surface area contributed by atoms with E-state index in [0.717, 1.165) is 19.4 Å². The van der Waals surface area contributed by atoms with Crippen molar-refractivity contribution >= 4 is 0 Å². The van der Waals surface area contributed by atoms with E-state index in [4.69, 9.17) is 5.73 Å². The van der Waals surface area contributed by atoms with Gasteiger partial charge in [-0.1, -0.05) is 6.92 Å². The number of nitrogens with one attached hydrogen (secondary N) is 1. The van der Waals surface area contributed by atoms with Gasteiger partial charge in [0.1, 0.15) is 0 Å². The zero-order valence-corrected chi connectivity index (χ0v) is 6.43. The van der Waals surface area contributed by atoms with E-state index >= 15 is 0 Å². The first-order valence-corrected chi connectivity index (χ1v) is 3.89. The van der Waals surface area contributed by atoms with Crippen LogP contribution in [-0.4, -0.2) is 29.8 Å². The molecule has 4 N–H and O–H groups in total. The van der Waals surface area contributed by atoms with Gasteiger partial charge in [0.05, 0.1) is 5.60 Å². The van der Waals surface area contributed by atoms with Gasteiger partial charge in [0.15, 0.2) is 0 Å². The normalized spacial score (nSPS) is 24.3. The molecule has 10 heavy (non-hydrogen) atoms. The average molecular weight is 144 g/mol. The first-order chi connectivity index (χ1) is 4.73. The smallest absolute Gasteiger partial charge is 0.0814 e. The predicted octanol–water partition coefficient (Wildman–Crippen LogP) is -0.552. The maximum Gasteiger partial charge on any atom is 0.0814 e. The van der Waals surface area contributed by atoms with Crippen LogP contribution in [0.1, 0.15) is 19.8 Å². The minimum Gasteiger partial charge on any atom is -0.388 e. The van der Waals surface area contributed by atoms with Gasteiger partial charge >= 0.3 is 0 Å². The fraction of sp³-hybridized carbons (Fsp3) is 1.00. The van der Waals surface area contributed by atoms with Crippen molar-refractivity contribution < 1.29 is 5.11 Å². The molecule has 0 aliphatic heterocycles. The van der Waals surface area contributed by atoms with Gasteiger partial charge in [0.25, 0.3) is 0 Å². The lowest BCUT2D eigenvalue weighted by Crippen LogP contribution is -2.46. The molecule has 0 aromatic rings. The summed E-state index contributed by atoms with van der Waals surface area (Å²) in [7, 11) is 0. The molecule has 0 aromatic carbocycles. The molecule has 60 valence electrons. The molecular weight excluding hydrogens is 128 g/mol. The number of rotatable bonds is 4. The van der Waals surface area contributed by atoms with Crippen LogP contribution in [0.4, 0.5) is 0 Å². The van der Waals surface area contributed by atoms with Gasteiger partial charge in [-0.25, -0.2) is 0 Å². The van der Waals surface area contributed by atoms with Crippen molar-refractivity contribution in [2.75, 3.05) is 13.1 Å². The van der Waals surface area contributed by atoms with Gasteiger partial charge < -0.3 is 16.2 Å². The molecule has 3 nitrogen and oxygen atoms in total. The van der Waals surface area contributed by atoms with Crippen LogP contribution in [0.3, 0.4) is 0 Å². The molecule has 0 heterocycles. The van der Waals surface area contributed by atoms with Gasteiger partial charge in [-0.05, 0) is 19.4 Å². The number of nitrogens with two attached hydrogens (primary N) is 1. The molecule has 0 radical (unpaired) electrons. The summed E-state index contributed by atoms with van der Waals surface area (Å²) in [5.74, 6) is 0. The number of likely N-dealkylation sites (N-methyl/N-ethyl adjacent to an activating group) is 1. The van der Waals surface area contributed by atoms with E-state index in [-0.39, 0.29) is 6.04 Å². The van der Waals surface area contributed by atoms with Gasteiger partial charge in [-0.2, -0.15) is 0 Å². The third-order valence-electron chi connectivity index (χ3n) is 2.10. The lowest BCUT2D eigenvalue weighted by molar-refractivity contribution is 0.106. The lowest BCUT2D eigenvalue weighted by atomic mass is 10.1. The molecular formula is C7H16N2O. The van der Waals surface area contributed by atoms with E-state index in [1.54, 1.807) is 0 Å². The maximum absolute atomic E-state index is 9.58. The van der Waals surface area contributed by atoms with Crippen LogP contribution in [0.25, 0.3) is 0 Å². The Balaban J connectivity index is 2.33. The molecule has 1 saturated carbocycles. The molecule has 0 bridgehead atoms. The highest BCUT2D eigenvalue weighted by Crippen LogP contribution is 2.37. The zero-order chi connectivity index (χ0) is 7.61. The molecule has 1 aliphatic rings. The third kappa shape index (κ3) is 1.48. The first-order valence-electron chi connectivity index (χ1n) is 3.89. The molecule has 1 aliphatic carbocycles. The summed E-state index contributed by atoms with van der Waals surface area (Å²) in [5.41, 5.74) is 4.99. The zero-order valence-electron chi connectivity index (χ0n) is 6.43. The summed E-state index contributed by atoms with van der Waals surface area (Å²) >= 11 is 0. The lowest BCUT2D eigenvalue weighted by Gasteiger charge is -2.20. The minimum absolute atomic E-state index is 0.109. The van der Waals surface area contributed by atoms with Gasteiger partial charge in [0, 0.05) is 12.6 Å². The Morgan fingerprint density at radius 3 is 2.60 bits per heavy atom. The van der Waals surface area contributed by atoms with Crippen molar-refractivity contribution in [3.8, 4) is 0 Å². The van der Waals surface area contributed by atoms with E-state index in [1.807, 2.05) is 6.92 Å². The largest absolute Gasteiger partial charge is 0.388 e. The fourth-order valence-electron chi connectivity index (χ4n) is 1.22. The number of hydrogen-bond acceptors (Lipinski definition) is 3. The SMILES string of the molecule is CCN[C@@H](CN)C1(O)CC1. The van der Waals surface area contributed by atoms with E-state index < -0.39 is 5.60 Å². The first kappa shape index (κ1) is 7.98. The summed E-state index contributed by atoms with van der Waals surface area (Å²) < 4.78 is 0. The van der Waals surface area contributed by atoms with E-state index in [0.29, 0.717) is 6.54 Å². The summed E-state index contributed by atoms with van der Waals surface area (Å²) in [6, 6.07) is 0.109. The second kappa shape index (κ2) is 2.86. The van der Waals surface area contributed by atoms with Gasteiger partial charge in [-0.3, -0.25) is 0 Å². The Hall–Kier alpha value is -0.120. The Bertz CT molecular complexity index is 112. The quantitative estimate of drug-likeness (QED) is 0.496. The molecule has 0 saturated heterocycles. The molecule has 1 atom stereocenters. The molecule has 3 heteroatoms. The van der Waals surface area contributed by atoms with Gasteiger partial charge in [0.2, 0.25) is 0 Å². The summed E-state index contributed by atoms with van der Waals surface area (Å²) in [4.78, 5) is 0. The molecule has 0 amide bonds. The van der Waals surface area contributed by atoms with E-state index in [1.165, 1.54) is 0 Å². The van der Waals surface area contributed by atoms with Crippen LogP contribution in [0.2, 0.25) is 0 Å². The third-order valence-corrected chi connectivity index (χ3v) is 2.10. The Kier molecular flexibility index (Phi) is 2.28. The van der Waals surface area contributed by atoms with Crippen molar-refractivity contribution in [1.29, 1.82) is 0 Å². The molecule has 1 rings (SSSR count). The maximum atomic E-state index is 9.58. The summed E-state index contributed by atoms with van der Waals surface area (Å²) in [5, 5.41) is 12.7.